The van der Waals surface area contributed by atoms with Crippen LogP contribution >= 0.6 is 11.6 Å². The summed E-state index contributed by atoms with van der Waals surface area (Å²) in [5, 5.41) is 13.3. The molecule has 1 amide bonds. The van der Waals surface area contributed by atoms with Crippen LogP contribution in [0.4, 0.5) is 0 Å². The third-order valence-corrected chi connectivity index (χ3v) is 2.82. The Hall–Kier alpha value is -1.26. The van der Waals surface area contributed by atoms with E-state index in [9.17, 15) is 9.90 Å². The van der Waals surface area contributed by atoms with E-state index in [2.05, 4.69) is 5.32 Å². The standard InChI is InChI=1S/C12H17ClN2O2/c1-3-10(15-11(16)6-14)9-5-8(13)4-7(2)12(9)17/h4-5,10,17H,3,6,14H2,1-2H3,(H,15,16). The summed E-state index contributed by atoms with van der Waals surface area (Å²) >= 11 is 5.95. The van der Waals surface area contributed by atoms with Crippen molar-refractivity contribution in [2.24, 2.45) is 5.73 Å². The van der Waals surface area contributed by atoms with Gasteiger partial charge >= 0.3 is 0 Å². The Bertz CT molecular complexity index is 421. The Labute approximate surface area is 106 Å². The van der Waals surface area contributed by atoms with Crippen LogP contribution in [-0.4, -0.2) is 17.6 Å². The van der Waals surface area contributed by atoms with Crippen molar-refractivity contribution in [1.29, 1.82) is 0 Å². The molecule has 1 aromatic rings. The molecule has 0 saturated carbocycles. The van der Waals surface area contributed by atoms with Crippen LogP contribution in [0.15, 0.2) is 12.1 Å². The summed E-state index contributed by atoms with van der Waals surface area (Å²) in [7, 11) is 0. The molecule has 1 aromatic carbocycles. The van der Waals surface area contributed by atoms with Crippen LogP contribution in [0.25, 0.3) is 0 Å². The van der Waals surface area contributed by atoms with Gasteiger partial charge in [-0.15, -0.1) is 0 Å². The lowest BCUT2D eigenvalue weighted by molar-refractivity contribution is -0.120. The smallest absolute Gasteiger partial charge is 0.234 e. The molecule has 4 N–H and O–H groups in total. The Morgan fingerprint density at radius 2 is 2.24 bits per heavy atom. The summed E-state index contributed by atoms with van der Waals surface area (Å²) in [6.07, 6.45) is 0.652. The van der Waals surface area contributed by atoms with Crippen LogP contribution in [-0.2, 0) is 4.79 Å². The predicted molar refractivity (Wildman–Crippen MR) is 68.1 cm³/mol. The topological polar surface area (TPSA) is 75.4 Å². The number of benzene rings is 1. The average Bonchev–Trinajstić information content (AvgIpc) is 2.30. The molecule has 0 aliphatic carbocycles. The number of rotatable bonds is 4. The van der Waals surface area contributed by atoms with Gasteiger partial charge in [-0.05, 0) is 31.0 Å². The zero-order valence-corrected chi connectivity index (χ0v) is 10.7. The van der Waals surface area contributed by atoms with E-state index >= 15 is 0 Å². The van der Waals surface area contributed by atoms with Gasteiger partial charge in [-0.3, -0.25) is 4.79 Å². The van der Waals surface area contributed by atoms with E-state index in [0.29, 0.717) is 22.6 Å². The molecule has 0 bridgehead atoms. The lowest BCUT2D eigenvalue weighted by Gasteiger charge is -2.19. The lowest BCUT2D eigenvalue weighted by Crippen LogP contribution is -2.33. The van der Waals surface area contributed by atoms with Gasteiger partial charge in [-0.2, -0.15) is 0 Å². The van der Waals surface area contributed by atoms with Gasteiger partial charge in [0, 0.05) is 10.6 Å². The Balaban J connectivity index is 3.07. The summed E-state index contributed by atoms with van der Waals surface area (Å²) in [6, 6.07) is 3.07. The largest absolute Gasteiger partial charge is 0.507 e. The van der Waals surface area contributed by atoms with Crippen LogP contribution < -0.4 is 11.1 Å². The monoisotopic (exact) mass is 256 g/mol. The van der Waals surface area contributed by atoms with Crippen LogP contribution in [0.1, 0.15) is 30.5 Å². The van der Waals surface area contributed by atoms with Crippen LogP contribution in [0.5, 0.6) is 5.75 Å². The number of hydrogen-bond donors (Lipinski definition) is 3. The van der Waals surface area contributed by atoms with E-state index in [-0.39, 0.29) is 24.2 Å². The van der Waals surface area contributed by atoms with Gasteiger partial charge in [-0.25, -0.2) is 0 Å². The second kappa shape index (κ2) is 5.89. The highest BCUT2D eigenvalue weighted by Gasteiger charge is 2.17. The number of halogens is 1. The van der Waals surface area contributed by atoms with Crippen molar-refractivity contribution in [3.63, 3.8) is 0 Å². The van der Waals surface area contributed by atoms with Crippen molar-refractivity contribution >= 4 is 17.5 Å². The number of amides is 1. The summed E-state index contributed by atoms with van der Waals surface area (Å²) < 4.78 is 0. The van der Waals surface area contributed by atoms with E-state index in [0.717, 1.165) is 0 Å². The minimum Gasteiger partial charge on any atom is -0.507 e. The number of carbonyl (C=O) groups excluding carboxylic acids is 1. The minimum atomic E-state index is -0.275. The number of phenols is 1. The highest BCUT2D eigenvalue weighted by atomic mass is 35.5. The molecule has 0 aliphatic rings. The van der Waals surface area contributed by atoms with E-state index in [1.54, 1.807) is 19.1 Å². The molecule has 0 radical (unpaired) electrons. The summed E-state index contributed by atoms with van der Waals surface area (Å²) in [4.78, 5) is 11.3. The fourth-order valence-corrected chi connectivity index (χ4v) is 1.96. The molecule has 0 aliphatic heterocycles. The van der Waals surface area contributed by atoms with Crippen LogP contribution in [0.2, 0.25) is 5.02 Å². The summed E-state index contributed by atoms with van der Waals surface area (Å²) in [6.45, 7) is 3.61. The zero-order chi connectivity index (χ0) is 13.0. The Kier molecular flexibility index (Phi) is 4.78. The molecule has 1 rings (SSSR count). The number of nitrogens with two attached hydrogens (primary N) is 1. The van der Waals surface area contributed by atoms with Crippen molar-refractivity contribution in [2.45, 2.75) is 26.3 Å². The van der Waals surface area contributed by atoms with Crippen molar-refractivity contribution in [3.8, 4) is 5.75 Å². The number of aromatic hydroxyl groups is 1. The first-order valence-electron chi connectivity index (χ1n) is 5.48. The molecule has 0 fully saturated rings. The number of phenolic OH excluding ortho intramolecular Hbond substituents is 1. The second-order valence-corrected chi connectivity index (χ2v) is 4.33. The summed E-state index contributed by atoms with van der Waals surface area (Å²) in [5.74, 6) is -0.0903. The van der Waals surface area contributed by atoms with E-state index in [1.165, 1.54) is 0 Å². The van der Waals surface area contributed by atoms with Gasteiger partial charge in [0.1, 0.15) is 5.75 Å². The zero-order valence-electron chi connectivity index (χ0n) is 9.96. The number of hydrogen-bond acceptors (Lipinski definition) is 3. The minimum absolute atomic E-state index is 0.0726. The van der Waals surface area contributed by atoms with E-state index in [1.807, 2.05) is 6.92 Å². The molecule has 0 aromatic heterocycles. The van der Waals surface area contributed by atoms with Gasteiger partial charge in [-0.1, -0.05) is 18.5 Å². The fourth-order valence-electron chi connectivity index (χ4n) is 1.68. The van der Waals surface area contributed by atoms with Crippen molar-refractivity contribution in [2.75, 3.05) is 6.54 Å². The molecule has 0 spiro atoms. The van der Waals surface area contributed by atoms with Gasteiger partial charge in [0.2, 0.25) is 5.91 Å². The molecule has 94 valence electrons. The van der Waals surface area contributed by atoms with E-state index in [4.69, 9.17) is 17.3 Å². The molecule has 1 unspecified atom stereocenters. The predicted octanol–water partition coefficient (Wildman–Crippen LogP) is 1.88. The SMILES string of the molecule is CCC(NC(=O)CN)c1cc(Cl)cc(C)c1O. The number of aryl methyl sites for hydroxylation is 1. The third kappa shape index (κ3) is 3.35. The maximum absolute atomic E-state index is 11.3. The quantitative estimate of drug-likeness (QED) is 0.770. The molecule has 1 atom stereocenters. The molecule has 5 heteroatoms. The van der Waals surface area contributed by atoms with Crippen LogP contribution in [0.3, 0.4) is 0 Å². The maximum atomic E-state index is 11.3. The first kappa shape index (κ1) is 13.8. The van der Waals surface area contributed by atoms with Gasteiger partial charge in [0.15, 0.2) is 0 Å². The average molecular weight is 257 g/mol. The highest BCUT2D eigenvalue weighted by Crippen LogP contribution is 2.32. The highest BCUT2D eigenvalue weighted by molar-refractivity contribution is 6.30. The van der Waals surface area contributed by atoms with E-state index < -0.39 is 0 Å². The summed E-state index contributed by atoms with van der Waals surface area (Å²) in [5.41, 5.74) is 6.56. The van der Waals surface area contributed by atoms with Gasteiger partial charge in [0.25, 0.3) is 0 Å². The van der Waals surface area contributed by atoms with Gasteiger partial charge < -0.3 is 16.2 Å². The number of nitrogens with one attached hydrogen (secondary N) is 1. The second-order valence-electron chi connectivity index (χ2n) is 3.89. The normalized spacial score (nSPS) is 12.2. The van der Waals surface area contributed by atoms with Crippen molar-refractivity contribution < 1.29 is 9.90 Å². The third-order valence-electron chi connectivity index (χ3n) is 2.60. The first-order valence-corrected chi connectivity index (χ1v) is 5.85. The van der Waals surface area contributed by atoms with Crippen LogP contribution in [0, 0.1) is 6.92 Å². The maximum Gasteiger partial charge on any atom is 0.234 e. The molecule has 0 heterocycles. The first-order chi connectivity index (χ1) is 7.99. The van der Waals surface area contributed by atoms with Crippen molar-refractivity contribution in [3.05, 3.63) is 28.3 Å². The Morgan fingerprint density at radius 3 is 2.76 bits per heavy atom. The molecule has 0 saturated heterocycles. The molecule has 17 heavy (non-hydrogen) atoms. The number of carbonyl (C=O) groups is 1. The van der Waals surface area contributed by atoms with Gasteiger partial charge in [0.05, 0.1) is 12.6 Å². The fraction of sp³-hybridized carbons (Fsp3) is 0.417. The van der Waals surface area contributed by atoms with Crippen molar-refractivity contribution in [1.82, 2.24) is 5.32 Å². The lowest BCUT2D eigenvalue weighted by atomic mass is 10.0. The molecular formula is C12H17ClN2O2. The Morgan fingerprint density at radius 1 is 1.59 bits per heavy atom. The molecular weight excluding hydrogens is 240 g/mol. The molecule has 4 nitrogen and oxygen atoms in total.